The number of nitrogens with zero attached hydrogens (tertiary/aromatic N) is 1. The van der Waals surface area contributed by atoms with E-state index in [1.54, 1.807) is 0 Å². The molecule has 5 heterocycles. The van der Waals surface area contributed by atoms with E-state index in [1.165, 1.54) is 7.11 Å². The van der Waals surface area contributed by atoms with Gasteiger partial charge in [0.1, 0.15) is 5.41 Å². The number of ether oxygens (including phenoxy) is 1. The third kappa shape index (κ3) is 1.74. The smallest absolute Gasteiger partial charge is 0.316 e. The average molecular weight is 368 g/mol. The standard InChI is InChI=1S/C21H24N2O4/c1-3-12-10-23-16-8-14(12)21(11-24,19(26)27-2)17(23)9-20(16)13-6-4-5-7-15(13)22-18(20)25/h3-7,14,16-17,24H,8-11H2,1-2H3,(H,22,25)/b12-3-/t14-,16-,17-,20-,21+/m0/s1. The van der Waals surface area contributed by atoms with E-state index >= 15 is 0 Å². The van der Waals surface area contributed by atoms with Gasteiger partial charge in [0.25, 0.3) is 0 Å². The number of piperidine rings is 3. The summed E-state index contributed by atoms with van der Waals surface area (Å²) in [5.41, 5.74) is 1.38. The SMILES string of the molecule is C/C=C1/CN2[C@H]3C[C@@]4(C(=O)Nc5ccccc54)[C@@H]2C[C@@H]1[C@@]3(CO)C(=O)OC. The lowest BCUT2D eigenvalue weighted by Crippen LogP contribution is -2.67. The molecule has 6 rings (SSSR count). The zero-order valence-corrected chi connectivity index (χ0v) is 15.6. The molecule has 1 amide bonds. The molecule has 1 spiro atoms. The van der Waals surface area contributed by atoms with Crippen molar-refractivity contribution in [2.75, 3.05) is 25.6 Å². The lowest BCUT2D eigenvalue weighted by Gasteiger charge is -2.57. The second kappa shape index (κ2) is 5.42. The van der Waals surface area contributed by atoms with E-state index in [2.05, 4.69) is 16.3 Å². The number of aliphatic hydroxyl groups excluding tert-OH is 1. The average Bonchev–Trinajstić information content (AvgIpc) is 3.15. The van der Waals surface area contributed by atoms with Crippen molar-refractivity contribution in [3.05, 3.63) is 41.5 Å². The number of methoxy groups -OCH3 is 1. The summed E-state index contributed by atoms with van der Waals surface area (Å²) in [6.45, 7) is 2.45. The van der Waals surface area contributed by atoms with E-state index in [0.717, 1.165) is 23.4 Å². The Balaban J connectivity index is 1.71. The minimum atomic E-state index is -1.01. The highest BCUT2D eigenvalue weighted by molar-refractivity contribution is 6.07. The lowest BCUT2D eigenvalue weighted by molar-refractivity contribution is -0.175. The summed E-state index contributed by atoms with van der Waals surface area (Å²) in [6.07, 6.45) is 3.26. The summed E-state index contributed by atoms with van der Waals surface area (Å²) in [7, 11) is 1.38. The summed E-state index contributed by atoms with van der Waals surface area (Å²) in [5, 5.41) is 13.5. The molecule has 4 fully saturated rings. The minimum absolute atomic E-state index is 0.0162. The zero-order chi connectivity index (χ0) is 19.0. The molecule has 0 aliphatic carbocycles. The first-order chi connectivity index (χ1) is 13.0. The van der Waals surface area contributed by atoms with Crippen molar-refractivity contribution < 1.29 is 19.4 Å². The molecule has 0 saturated carbocycles. The maximum absolute atomic E-state index is 13.2. The van der Waals surface area contributed by atoms with Gasteiger partial charge in [-0.2, -0.15) is 0 Å². The number of hydrogen-bond donors (Lipinski definition) is 2. The largest absolute Gasteiger partial charge is 0.468 e. The Morgan fingerprint density at radius 2 is 2.19 bits per heavy atom. The van der Waals surface area contributed by atoms with Gasteiger partial charge in [-0.05, 0) is 31.4 Å². The molecule has 4 bridgehead atoms. The number of anilines is 1. The Hall–Kier alpha value is -2.18. The number of nitrogens with one attached hydrogen (secondary N) is 1. The molecule has 0 radical (unpaired) electrons. The Labute approximate surface area is 158 Å². The molecule has 5 aliphatic rings. The lowest BCUT2D eigenvalue weighted by atomic mass is 9.60. The van der Waals surface area contributed by atoms with E-state index in [4.69, 9.17) is 4.74 Å². The Kier molecular flexibility index (Phi) is 3.41. The number of esters is 1. The molecule has 6 atom stereocenters. The van der Waals surface area contributed by atoms with Crippen LogP contribution in [0.15, 0.2) is 35.9 Å². The molecule has 142 valence electrons. The van der Waals surface area contributed by atoms with Crippen molar-refractivity contribution in [1.29, 1.82) is 0 Å². The molecule has 6 heteroatoms. The van der Waals surface area contributed by atoms with Crippen LogP contribution in [-0.2, 0) is 19.7 Å². The molecule has 5 aliphatic heterocycles. The van der Waals surface area contributed by atoms with Gasteiger partial charge < -0.3 is 15.2 Å². The summed E-state index contributed by atoms with van der Waals surface area (Å²) >= 11 is 0. The number of carbonyl (C=O) groups is 2. The van der Waals surface area contributed by atoms with Gasteiger partial charge in [-0.25, -0.2) is 0 Å². The van der Waals surface area contributed by atoms with Gasteiger partial charge in [0.05, 0.1) is 19.1 Å². The highest BCUT2D eigenvalue weighted by Gasteiger charge is 2.73. The monoisotopic (exact) mass is 368 g/mol. The first-order valence-electron chi connectivity index (χ1n) is 9.55. The molecule has 1 aromatic rings. The third-order valence-electron chi connectivity index (χ3n) is 7.63. The predicted molar refractivity (Wildman–Crippen MR) is 99.0 cm³/mol. The predicted octanol–water partition coefficient (Wildman–Crippen LogP) is 1.45. The number of benzene rings is 1. The first-order valence-corrected chi connectivity index (χ1v) is 9.55. The fraction of sp³-hybridized carbons (Fsp3) is 0.524. The number of hydrogen-bond acceptors (Lipinski definition) is 5. The molecule has 6 nitrogen and oxygen atoms in total. The van der Waals surface area contributed by atoms with Gasteiger partial charge in [0.2, 0.25) is 5.91 Å². The van der Waals surface area contributed by atoms with Crippen LogP contribution < -0.4 is 5.32 Å². The summed E-state index contributed by atoms with van der Waals surface area (Å²) < 4.78 is 5.17. The fourth-order valence-electron chi connectivity index (χ4n) is 6.47. The summed E-state index contributed by atoms with van der Waals surface area (Å²) in [4.78, 5) is 28.5. The minimum Gasteiger partial charge on any atom is -0.468 e. The maximum atomic E-state index is 13.2. The molecular formula is C21H24N2O4. The molecule has 1 unspecified atom stereocenters. The van der Waals surface area contributed by atoms with Crippen molar-refractivity contribution in [3.8, 4) is 0 Å². The molecule has 0 aromatic heterocycles. The number of fused-ring (bicyclic) bond motifs is 3. The summed E-state index contributed by atoms with van der Waals surface area (Å²) in [5.74, 6) is -0.450. The van der Waals surface area contributed by atoms with Crippen LogP contribution in [0.2, 0.25) is 0 Å². The quantitative estimate of drug-likeness (QED) is 0.610. The number of aliphatic hydroxyl groups is 1. The number of amides is 1. The van der Waals surface area contributed by atoms with Crippen molar-refractivity contribution >= 4 is 17.6 Å². The van der Waals surface area contributed by atoms with Crippen LogP contribution in [0, 0.1) is 11.3 Å². The van der Waals surface area contributed by atoms with E-state index in [-0.39, 0.29) is 36.5 Å². The topological polar surface area (TPSA) is 78.9 Å². The highest BCUT2D eigenvalue weighted by atomic mass is 16.5. The van der Waals surface area contributed by atoms with Gasteiger partial charge in [-0.15, -0.1) is 0 Å². The highest BCUT2D eigenvalue weighted by Crippen LogP contribution is 2.64. The number of allylic oxidation sites excluding steroid dienone is 1. The van der Waals surface area contributed by atoms with Crippen molar-refractivity contribution in [2.45, 2.75) is 37.3 Å². The molecule has 1 aromatic carbocycles. The molecular weight excluding hydrogens is 344 g/mol. The van der Waals surface area contributed by atoms with Crippen LogP contribution in [0.3, 0.4) is 0 Å². The Morgan fingerprint density at radius 1 is 1.41 bits per heavy atom. The van der Waals surface area contributed by atoms with Crippen LogP contribution in [0.5, 0.6) is 0 Å². The van der Waals surface area contributed by atoms with Gasteiger partial charge in [-0.1, -0.05) is 29.8 Å². The second-order valence-corrected chi connectivity index (χ2v) is 8.22. The maximum Gasteiger partial charge on any atom is 0.316 e. The number of rotatable bonds is 2. The van der Waals surface area contributed by atoms with Crippen LogP contribution >= 0.6 is 0 Å². The third-order valence-corrected chi connectivity index (χ3v) is 7.63. The van der Waals surface area contributed by atoms with Gasteiger partial charge in [-0.3, -0.25) is 14.5 Å². The summed E-state index contributed by atoms with van der Waals surface area (Å²) in [6, 6.07) is 7.68. The van der Waals surface area contributed by atoms with Crippen molar-refractivity contribution in [2.24, 2.45) is 11.3 Å². The molecule has 27 heavy (non-hydrogen) atoms. The Bertz CT molecular complexity index is 881. The second-order valence-electron chi connectivity index (χ2n) is 8.22. The van der Waals surface area contributed by atoms with Gasteiger partial charge >= 0.3 is 5.97 Å². The first kappa shape index (κ1) is 17.0. The van der Waals surface area contributed by atoms with Crippen LogP contribution in [0.1, 0.15) is 25.3 Å². The molecule has 2 N–H and O–H groups in total. The van der Waals surface area contributed by atoms with Gasteiger partial charge in [0, 0.05) is 30.2 Å². The fourth-order valence-corrected chi connectivity index (χ4v) is 6.47. The Morgan fingerprint density at radius 3 is 2.89 bits per heavy atom. The molecule has 4 saturated heterocycles. The van der Waals surface area contributed by atoms with E-state index in [1.807, 2.05) is 31.2 Å². The van der Waals surface area contributed by atoms with E-state index in [9.17, 15) is 14.7 Å². The van der Waals surface area contributed by atoms with Crippen LogP contribution in [-0.4, -0.2) is 54.2 Å². The van der Waals surface area contributed by atoms with Crippen molar-refractivity contribution in [1.82, 2.24) is 4.90 Å². The number of carbonyl (C=O) groups excluding carboxylic acids is 2. The normalized spacial score (nSPS) is 42.5. The van der Waals surface area contributed by atoms with E-state index in [0.29, 0.717) is 12.8 Å². The number of para-hydroxylation sites is 1. The zero-order valence-electron chi connectivity index (χ0n) is 15.6. The van der Waals surface area contributed by atoms with Crippen LogP contribution in [0.4, 0.5) is 5.69 Å². The van der Waals surface area contributed by atoms with Gasteiger partial charge in [0.15, 0.2) is 0 Å². The van der Waals surface area contributed by atoms with E-state index < -0.39 is 10.8 Å². The van der Waals surface area contributed by atoms with Crippen LogP contribution in [0.25, 0.3) is 0 Å². The van der Waals surface area contributed by atoms with Crippen molar-refractivity contribution in [3.63, 3.8) is 0 Å².